The molecule has 0 saturated carbocycles. The van der Waals surface area contributed by atoms with Crippen molar-refractivity contribution in [1.82, 2.24) is 10.6 Å². The molecule has 7 nitrogen and oxygen atoms in total. The molecule has 0 heterocycles. The Balaban J connectivity index is 2.61. The molecule has 3 N–H and O–H groups in total. The third kappa shape index (κ3) is 7.13. The smallest absolute Gasteiger partial charge is 0.408 e. The normalized spacial score (nSPS) is 13.5. The van der Waals surface area contributed by atoms with Crippen LogP contribution in [-0.2, 0) is 20.7 Å². The lowest BCUT2D eigenvalue weighted by Crippen LogP contribution is -2.51. The minimum absolute atomic E-state index is 0.154. The second-order valence-corrected chi connectivity index (χ2v) is 6.46. The predicted octanol–water partition coefficient (Wildman–Crippen LogP) is 1.71. The summed E-state index contributed by atoms with van der Waals surface area (Å²) in [5.41, 5.74) is 0.106. The second kappa shape index (κ2) is 8.33. The van der Waals surface area contributed by atoms with Crippen molar-refractivity contribution in [1.29, 1.82) is 0 Å². The summed E-state index contributed by atoms with van der Waals surface area (Å²) in [4.78, 5) is 35.1. The molecule has 1 aromatic carbocycles. The Kier molecular flexibility index (Phi) is 6.76. The molecular weight excluding hydrogens is 312 g/mol. The van der Waals surface area contributed by atoms with Gasteiger partial charge in [0.05, 0.1) is 0 Å². The van der Waals surface area contributed by atoms with E-state index in [0.717, 1.165) is 5.56 Å². The summed E-state index contributed by atoms with van der Waals surface area (Å²) in [5.74, 6) is -1.74. The number of benzene rings is 1. The summed E-state index contributed by atoms with van der Waals surface area (Å²) in [6.07, 6.45) is -0.582. The largest absolute Gasteiger partial charge is 0.480 e. The Labute approximate surface area is 141 Å². The van der Waals surface area contributed by atoms with Crippen molar-refractivity contribution in [3.63, 3.8) is 0 Å². The van der Waals surface area contributed by atoms with Crippen LogP contribution in [0.1, 0.15) is 33.3 Å². The quantitative estimate of drug-likeness (QED) is 0.733. The zero-order valence-electron chi connectivity index (χ0n) is 14.3. The van der Waals surface area contributed by atoms with Crippen molar-refractivity contribution >= 4 is 18.0 Å². The van der Waals surface area contributed by atoms with Crippen LogP contribution in [0.15, 0.2) is 30.3 Å². The van der Waals surface area contributed by atoms with Gasteiger partial charge in [-0.25, -0.2) is 9.59 Å². The van der Waals surface area contributed by atoms with E-state index >= 15 is 0 Å². The van der Waals surface area contributed by atoms with E-state index < -0.39 is 35.7 Å². The molecule has 2 amide bonds. The summed E-state index contributed by atoms with van der Waals surface area (Å²) < 4.78 is 5.06. The maximum atomic E-state index is 12.1. The van der Waals surface area contributed by atoms with Crippen LogP contribution in [0.2, 0.25) is 0 Å². The van der Waals surface area contributed by atoms with Crippen molar-refractivity contribution in [2.75, 3.05) is 0 Å². The van der Waals surface area contributed by atoms with Crippen molar-refractivity contribution in [2.24, 2.45) is 0 Å². The first-order valence-electron chi connectivity index (χ1n) is 7.65. The van der Waals surface area contributed by atoms with Gasteiger partial charge in [-0.15, -0.1) is 0 Å². The van der Waals surface area contributed by atoms with Crippen LogP contribution in [0.4, 0.5) is 4.79 Å². The van der Waals surface area contributed by atoms with Crippen LogP contribution in [0.3, 0.4) is 0 Å². The fourth-order valence-electron chi connectivity index (χ4n) is 1.90. The third-order valence-corrected chi connectivity index (χ3v) is 3.02. The van der Waals surface area contributed by atoms with Gasteiger partial charge in [0.15, 0.2) is 0 Å². The number of amides is 2. The van der Waals surface area contributed by atoms with Gasteiger partial charge in [-0.2, -0.15) is 0 Å². The van der Waals surface area contributed by atoms with Crippen LogP contribution in [0.5, 0.6) is 0 Å². The van der Waals surface area contributed by atoms with E-state index in [0.29, 0.717) is 0 Å². The lowest BCUT2D eigenvalue weighted by molar-refractivity contribution is -0.142. The average Bonchev–Trinajstić information content (AvgIpc) is 2.45. The standard InChI is InChI=1S/C17H24N2O5/c1-11(18-16(23)24-17(2,3)4)14(20)19-13(15(21)22)10-12-8-6-5-7-9-12/h5-9,11,13H,10H2,1-4H3,(H,18,23)(H,19,20)(H,21,22)/t11?,13-/m0/s1. The van der Waals surface area contributed by atoms with Crippen LogP contribution >= 0.6 is 0 Å². The molecule has 24 heavy (non-hydrogen) atoms. The van der Waals surface area contributed by atoms with Gasteiger partial charge in [-0.3, -0.25) is 4.79 Å². The molecule has 1 aromatic rings. The van der Waals surface area contributed by atoms with Crippen molar-refractivity contribution in [3.8, 4) is 0 Å². The van der Waals surface area contributed by atoms with Gasteiger partial charge in [0.2, 0.25) is 5.91 Å². The van der Waals surface area contributed by atoms with Gasteiger partial charge in [0, 0.05) is 6.42 Å². The fourth-order valence-corrected chi connectivity index (χ4v) is 1.90. The van der Waals surface area contributed by atoms with Gasteiger partial charge in [-0.05, 0) is 33.3 Å². The lowest BCUT2D eigenvalue weighted by Gasteiger charge is -2.22. The van der Waals surface area contributed by atoms with Crippen molar-refractivity contribution in [3.05, 3.63) is 35.9 Å². The van der Waals surface area contributed by atoms with Crippen LogP contribution in [0.25, 0.3) is 0 Å². The van der Waals surface area contributed by atoms with Gasteiger partial charge in [0.25, 0.3) is 0 Å². The molecular formula is C17H24N2O5. The molecule has 0 spiro atoms. The molecule has 1 unspecified atom stereocenters. The Morgan fingerprint density at radius 2 is 1.71 bits per heavy atom. The summed E-state index contributed by atoms with van der Waals surface area (Å²) in [5, 5.41) is 14.1. The fraction of sp³-hybridized carbons (Fsp3) is 0.471. The number of carboxylic acid groups (broad SMARTS) is 1. The SMILES string of the molecule is CC(NC(=O)OC(C)(C)C)C(=O)N[C@@H](Cc1ccccc1)C(=O)O. The molecule has 0 bridgehead atoms. The summed E-state index contributed by atoms with van der Waals surface area (Å²) >= 11 is 0. The van der Waals surface area contributed by atoms with Gasteiger partial charge >= 0.3 is 12.1 Å². The minimum Gasteiger partial charge on any atom is -0.480 e. The molecule has 0 aliphatic heterocycles. The van der Waals surface area contributed by atoms with E-state index in [1.807, 2.05) is 6.07 Å². The maximum Gasteiger partial charge on any atom is 0.408 e. The monoisotopic (exact) mass is 336 g/mol. The topological polar surface area (TPSA) is 105 Å². The molecule has 2 atom stereocenters. The molecule has 0 radical (unpaired) electrons. The minimum atomic E-state index is -1.14. The summed E-state index contributed by atoms with van der Waals surface area (Å²) in [6, 6.07) is 6.98. The Bertz CT molecular complexity index is 580. The number of alkyl carbamates (subject to hydrolysis) is 1. The number of hydrogen-bond donors (Lipinski definition) is 3. The molecule has 0 fully saturated rings. The average molecular weight is 336 g/mol. The number of nitrogens with one attached hydrogen (secondary N) is 2. The number of carbonyl (C=O) groups is 3. The maximum absolute atomic E-state index is 12.1. The molecule has 0 aliphatic carbocycles. The van der Waals surface area contributed by atoms with Gasteiger partial charge in [0.1, 0.15) is 17.7 Å². The van der Waals surface area contributed by atoms with E-state index in [1.165, 1.54) is 6.92 Å². The van der Waals surface area contributed by atoms with Crippen LogP contribution < -0.4 is 10.6 Å². The highest BCUT2D eigenvalue weighted by Crippen LogP contribution is 2.07. The van der Waals surface area contributed by atoms with E-state index in [4.69, 9.17) is 4.74 Å². The molecule has 1 rings (SSSR count). The number of aliphatic carboxylic acids is 1. The van der Waals surface area contributed by atoms with Crippen molar-refractivity contribution < 1.29 is 24.2 Å². The van der Waals surface area contributed by atoms with Crippen LogP contribution in [-0.4, -0.2) is 40.8 Å². The molecule has 132 valence electrons. The first-order chi connectivity index (χ1) is 11.1. The zero-order valence-corrected chi connectivity index (χ0v) is 14.3. The number of ether oxygens (including phenoxy) is 1. The number of carboxylic acids is 1. The van der Waals surface area contributed by atoms with E-state index in [1.54, 1.807) is 45.0 Å². The Morgan fingerprint density at radius 3 is 2.21 bits per heavy atom. The summed E-state index contributed by atoms with van der Waals surface area (Å²) in [7, 11) is 0. The number of hydrogen-bond acceptors (Lipinski definition) is 4. The molecule has 7 heteroatoms. The summed E-state index contributed by atoms with van der Waals surface area (Å²) in [6.45, 7) is 6.58. The highest BCUT2D eigenvalue weighted by molar-refractivity contribution is 5.89. The Hall–Kier alpha value is -2.57. The second-order valence-electron chi connectivity index (χ2n) is 6.46. The van der Waals surface area contributed by atoms with Crippen LogP contribution in [0, 0.1) is 0 Å². The third-order valence-electron chi connectivity index (χ3n) is 3.02. The first-order valence-corrected chi connectivity index (χ1v) is 7.65. The Morgan fingerprint density at radius 1 is 1.12 bits per heavy atom. The number of rotatable bonds is 6. The highest BCUT2D eigenvalue weighted by atomic mass is 16.6. The zero-order chi connectivity index (χ0) is 18.3. The van der Waals surface area contributed by atoms with E-state index in [2.05, 4.69) is 10.6 Å². The predicted molar refractivity (Wildman–Crippen MR) is 88.5 cm³/mol. The van der Waals surface area contributed by atoms with Gasteiger partial charge in [-0.1, -0.05) is 30.3 Å². The number of carbonyl (C=O) groups excluding carboxylic acids is 2. The van der Waals surface area contributed by atoms with Crippen molar-refractivity contribution in [2.45, 2.75) is 51.8 Å². The van der Waals surface area contributed by atoms with Gasteiger partial charge < -0.3 is 20.5 Å². The molecule has 0 aromatic heterocycles. The molecule has 0 aliphatic rings. The van der Waals surface area contributed by atoms with E-state index in [9.17, 15) is 19.5 Å². The lowest BCUT2D eigenvalue weighted by atomic mass is 10.1. The molecule has 0 saturated heterocycles. The van der Waals surface area contributed by atoms with E-state index in [-0.39, 0.29) is 6.42 Å². The first kappa shape index (κ1) is 19.5. The highest BCUT2D eigenvalue weighted by Gasteiger charge is 2.25.